The van der Waals surface area contributed by atoms with Gasteiger partial charge in [0, 0.05) is 0 Å². The van der Waals surface area contributed by atoms with Crippen LogP contribution in [0, 0.1) is 12.3 Å². The molecule has 0 amide bonds. The first-order valence-corrected chi connectivity index (χ1v) is 8.97. The highest BCUT2D eigenvalue weighted by Gasteiger charge is 2.11. The minimum absolute atomic E-state index is 0.916. The summed E-state index contributed by atoms with van der Waals surface area (Å²) in [4.78, 5) is 0. The maximum absolute atomic E-state index is 3.44. The van der Waals surface area contributed by atoms with Crippen LogP contribution in [0.5, 0.6) is 0 Å². The summed E-state index contributed by atoms with van der Waals surface area (Å²) in [6.07, 6.45) is 21.2. The van der Waals surface area contributed by atoms with Crippen molar-refractivity contribution in [3.8, 4) is 0 Å². The first-order valence-electron chi connectivity index (χ1n) is 8.97. The zero-order chi connectivity index (χ0) is 13.6. The molecule has 1 rings (SSSR count). The van der Waals surface area contributed by atoms with Gasteiger partial charge < -0.3 is 5.32 Å². The SMILES string of the molecule is CCCCCCCCCCCC[CH]C1CCNCC1. The van der Waals surface area contributed by atoms with E-state index in [0.717, 1.165) is 5.92 Å². The molecule has 0 bridgehead atoms. The fourth-order valence-electron chi connectivity index (χ4n) is 3.07. The van der Waals surface area contributed by atoms with E-state index in [2.05, 4.69) is 18.7 Å². The topological polar surface area (TPSA) is 12.0 Å². The van der Waals surface area contributed by atoms with Gasteiger partial charge in [0.25, 0.3) is 0 Å². The molecule has 1 heterocycles. The van der Waals surface area contributed by atoms with Gasteiger partial charge in [-0.05, 0) is 44.7 Å². The van der Waals surface area contributed by atoms with Gasteiger partial charge in [0.15, 0.2) is 0 Å². The summed E-state index contributed by atoms with van der Waals surface area (Å²) in [7, 11) is 0. The van der Waals surface area contributed by atoms with Crippen LogP contribution >= 0.6 is 0 Å². The molecule has 19 heavy (non-hydrogen) atoms. The minimum atomic E-state index is 0.916. The van der Waals surface area contributed by atoms with Gasteiger partial charge in [0.1, 0.15) is 0 Å². The molecular weight excluding hydrogens is 230 g/mol. The molecule has 1 nitrogen and oxygen atoms in total. The second-order valence-electron chi connectivity index (χ2n) is 6.29. The minimum Gasteiger partial charge on any atom is -0.317 e. The van der Waals surface area contributed by atoms with Crippen LogP contribution in [-0.2, 0) is 0 Å². The largest absolute Gasteiger partial charge is 0.317 e. The van der Waals surface area contributed by atoms with E-state index in [1.54, 1.807) is 0 Å². The molecule has 1 aliphatic heterocycles. The Morgan fingerprint density at radius 2 is 1.32 bits per heavy atom. The summed E-state index contributed by atoms with van der Waals surface area (Å²) >= 11 is 0. The molecule has 1 heteroatoms. The molecule has 1 aliphatic rings. The number of hydrogen-bond donors (Lipinski definition) is 1. The summed E-state index contributed by atoms with van der Waals surface area (Å²) in [6.45, 7) is 4.76. The molecular formula is C18H36N. The molecule has 1 radical (unpaired) electrons. The molecule has 0 aromatic rings. The number of unbranched alkanes of at least 4 members (excludes halogenated alkanes) is 10. The van der Waals surface area contributed by atoms with Gasteiger partial charge >= 0.3 is 0 Å². The Labute approximate surface area is 121 Å². The van der Waals surface area contributed by atoms with Crippen molar-refractivity contribution in [2.75, 3.05) is 13.1 Å². The quantitative estimate of drug-likeness (QED) is 0.460. The zero-order valence-electron chi connectivity index (χ0n) is 13.3. The maximum Gasteiger partial charge on any atom is -0.00462 e. The van der Waals surface area contributed by atoms with Crippen LogP contribution in [0.3, 0.4) is 0 Å². The average molecular weight is 266 g/mol. The second kappa shape index (κ2) is 13.0. The third-order valence-electron chi connectivity index (χ3n) is 4.44. The van der Waals surface area contributed by atoms with Crippen molar-refractivity contribution in [1.29, 1.82) is 0 Å². The van der Waals surface area contributed by atoms with E-state index in [-0.39, 0.29) is 0 Å². The zero-order valence-corrected chi connectivity index (χ0v) is 13.3. The molecule has 1 N–H and O–H groups in total. The highest BCUT2D eigenvalue weighted by atomic mass is 14.9. The van der Waals surface area contributed by atoms with E-state index in [0.29, 0.717) is 0 Å². The summed E-state index contributed by atoms with van der Waals surface area (Å²) in [5, 5.41) is 3.44. The first-order chi connectivity index (χ1) is 9.43. The van der Waals surface area contributed by atoms with Gasteiger partial charge in [0.2, 0.25) is 0 Å². The highest BCUT2D eigenvalue weighted by Crippen LogP contribution is 2.19. The lowest BCUT2D eigenvalue weighted by atomic mass is 9.92. The summed E-state index contributed by atoms with van der Waals surface area (Å²) < 4.78 is 0. The predicted molar refractivity (Wildman–Crippen MR) is 86.4 cm³/mol. The van der Waals surface area contributed by atoms with Crippen LogP contribution in [0.1, 0.15) is 90.4 Å². The van der Waals surface area contributed by atoms with E-state index in [9.17, 15) is 0 Å². The molecule has 0 unspecified atom stereocenters. The molecule has 1 saturated heterocycles. The number of nitrogens with one attached hydrogen (secondary N) is 1. The van der Waals surface area contributed by atoms with Gasteiger partial charge in [-0.2, -0.15) is 0 Å². The van der Waals surface area contributed by atoms with E-state index < -0.39 is 0 Å². The molecule has 113 valence electrons. The number of rotatable bonds is 12. The van der Waals surface area contributed by atoms with E-state index >= 15 is 0 Å². The van der Waals surface area contributed by atoms with Crippen molar-refractivity contribution in [1.82, 2.24) is 5.32 Å². The molecule has 0 aromatic carbocycles. The number of hydrogen-bond acceptors (Lipinski definition) is 1. The smallest absolute Gasteiger partial charge is 0.00462 e. The van der Waals surface area contributed by atoms with Crippen LogP contribution < -0.4 is 5.32 Å². The molecule has 0 atom stereocenters. The van der Waals surface area contributed by atoms with Gasteiger partial charge in [-0.25, -0.2) is 0 Å². The van der Waals surface area contributed by atoms with Gasteiger partial charge in [-0.1, -0.05) is 71.1 Å². The van der Waals surface area contributed by atoms with Crippen LogP contribution in [0.2, 0.25) is 0 Å². The van der Waals surface area contributed by atoms with E-state index in [1.165, 1.54) is 96.6 Å². The van der Waals surface area contributed by atoms with E-state index in [1.807, 2.05) is 0 Å². The van der Waals surface area contributed by atoms with Gasteiger partial charge in [-0.15, -0.1) is 0 Å². The van der Waals surface area contributed by atoms with Gasteiger partial charge in [-0.3, -0.25) is 0 Å². The number of piperidine rings is 1. The fourth-order valence-corrected chi connectivity index (χ4v) is 3.07. The maximum atomic E-state index is 3.44. The highest BCUT2D eigenvalue weighted by molar-refractivity contribution is 4.80. The van der Waals surface area contributed by atoms with Crippen LogP contribution in [-0.4, -0.2) is 13.1 Å². The normalized spacial score (nSPS) is 16.9. The fraction of sp³-hybridized carbons (Fsp3) is 0.944. The Bertz CT molecular complexity index is 173. The summed E-state index contributed by atoms with van der Waals surface area (Å²) in [5.74, 6) is 0.916. The van der Waals surface area contributed by atoms with Crippen molar-refractivity contribution in [3.63, 3.8) is 0 Å². The van der Waals surface area contributed by atoms with E-state index in [4.69, 9.17) is 0 Å². The average Bonchev–Trinajstić information content (AvgIpc) is 2.46. The Balaban J connectivity index is 1.71. The molecule has 0 spiro atoms. The standard InChI is InChI=1S/C18H36N/c1-2-3-4-5-6-7-8-9-10-11-12-13-18-14-16-19-17-15-18/h13,18-19H,2-12,14-17H2,1H3. The predicted octanol–water partition coefficient (Wildman–Crippen LogP) is 5.50. The first kappa shape index (κ1) is 17.0. The Hall–Kier alpha value is -0.0400. The lowest BCUT2D eigenvalue weighted by Gasteiger charge is -2.22. The van der Waals surface area contributed by atoms with Crippen molar-refractivity contribution >= 4 is 0 Å². The van der Waals surface area contributed by atoms with Crippen molar-refractivity contribution in [2.45, 2.75) is 90.4 Å². The molecule has 0 saturated carbocycles. The monoisotopic (exact) mass is 266 g/mol. The lowest BCUT2D eigenvalue weighted by Crippen LogP contribution is -2.27. The molecule has 0 aromatic heterocycles. The van der Waals surface area contributed by atoms with Crippen LogP contribution in [0.25, 0.3) is 0 Å². The van der Waals surface area contributed by atoms with Crippen molar-refractivity contribution in [3.05, 3.63) is 6.42 Å². The summed E-state index contributed by atoms with van der Waals surface area (Å²) in [5.41, 5.74) is 0. The van der Waals surface area contributed by atoms with Crippen molar-refractivity contribution < 1.29 is 0 Å². The Morgan fingerprint density at radius 1 is 0.789 bits per heavy atom. The second-order valence-corrected chi connectivity index (χ2v) is 6.29. The third kappa shape index (κ3) is 10.4. The molecule has 0 aliphatic carbocycles. The third-order valence-corrected chi connectivity index (χ3v) is 4.44. The Morgan fingerprint density at radius 3 is 1.89 bits per heavy atom. The van der Waals surface area contributed by atoms with Crippen LogP contribution in [0.4, 0.5) is 0 Å². The summed E-state index contributed by atoms with van der Waals surface area (Å²) in [6, 6.07) is 0. The Kier molecular flexibility index (Phi) is 11.6. The van der Waals surface area contributed by atoms with Crippen molar-refractivity contribution in [2.24, 2.45) is 5.92 Å². The molecule has 1 fully saturated rings. The lowest BCUT2D eigenvalue weighted by molar-refractivity contribution is 0.403. The van der Waals surface area contributed by atoms with Crippen LogP contribution in [0.15, 0.2) is 0 Å². The van der Waals surface area contributed by atoms with Gasteiger partial charge in [0.05, 0.1) is 0 Å².